The van der Waals surface area contributed by atoms with Crippen molar-refractivity contribution in [1.29, 1.82) is 0 Å². The summed E-state index contributed by atoms with van der Waals surface area (Å²) in [5.74, 6) is 0.412. The lowest BCUT2D eigenvalue weighted by atomic mass is 9.71. The van der Waals surface area contributed by atoms with Crippen LogP contribution in [-0.2, 0) is 11.3 Å². The molecule has 2 fully saturated rings. The quantitative estimate of drug-likeness (QED) is 0.906. The van der Waals surface area contributed by atoms with Crippen LogP contribution in [0.3, 0.4) is 0 Å². The Morgan fingerprint density at radius 2 is 1.73 bits per heavy atom. The Morgan fingerprint density at radius 3 is 2.27 bits per heavy atom. The minimum absolute atomic E-state index is 0.346. The summed E-state index contributed by atoms with van der Waals surface area (Å²) >= 11 is 0. The van der Waals surface area contributed by atoms with Crippen molar-refractivity contribution >= 4 is 0 Å². The van der Waals surface area contributed by atoms with Gasteiger partial charge < -0.3 is 9.84 Å². The fourth-order valence-electron chi connectivity index (χ4n) is 4.52. The molecule has 2 heterocycles. The van der Waals surface area contributed by atoms with Crippen molar-refractivity contribution in [3.8, 4) is 0 Å². The van der Waals surface area contributed by atoms with Gasteiger partial charge in [0.25, 0.3) is 0 Å². The largest absolute Gasteiger partial charge is 0.389 e. The average Bonchev–Trinajstić information content (AvgIpc) is 2.50. The van der Waals surface area contributed by atoms with Crippen LogP contribution in [0.25, 0.3) is 0 Å². The molecule has 122 valence electrons. The van der Waals surface area contributed by atoms with Crippen LogP contribution >= 0.6 is 0 Å². The second kappa shape index (κ2) is 6.69. The maximum Gasteiger partial charge on any atom is 0.0707 e. The van der Waals surface area contributed by atoms with E-state index in [0.29, 0.717) is 18.0 Å². The first-order chi connectivity index (χ1) is 10.7. The normalized spacial score (nSPS) is 32.4. The first-order valence-corrected chi connectivity index (χ1v) is 8.76. The molecule has 2 bridgehead atoms. The molecule has 0 amide bonds. The van der Waals surface area contributed by atoms with Crippen molar-refractivity contribution in [2.45, 2.75) is 63.8 Å². The lowest BCUT2D eigenvalue weighted by Crippen LogP contribution is -2.63. The number of benzene rings is 1. The number of morpholine rings is 1. The van der Waals surface area contributed by atoms with Gasteiger partial charge in [-0.15, -0.1) is 0 Å². The molecular weight excluding hydrogens is 274 g/mol. The zero-order valence-corrected chi connectivity index (χ0v) is 13.9. The highest BCUT2D eigenvalue weighted by atomic mass is 16.5. The third-order valence-corrected chi connectivity index (χ3v) is 5.69. The van der Waals surface area contributed by atoms with Crippen molar-refractivity contribution in [1.82, 2.24) is 4.90 Å². The summed E-state index contributed by atoms with van der Waals surface area (Å²) in [6.45, 7) is 6.89. The van der Waals surface area contributed by atoms with E-state index in [2.05, 4.69) is 49.1 Å². The van der Waals surface area contributed by atoms with Crippen LogP contribution in [0.1, 0.15) is 45.1 Å². The summed E-state index contributed by atoms with van der Waals surface area (Å²) in [5, 5.41) is 11.2. The maximum atomic E-state index is 11.2. The summed E-state index contributed by atoms with van der Waals surface area (Å²) in [5.41, 5.74) is 0.850. The highest BCUT2D eigenvalue weighted by Crippen LogP contribution is 2.41. The van der Waals surface area contributed by atoms with Crippen molar-refractivity contribution in [3.05, 3.63) is 35.9 Å². The molecule has 1 aromatic carbocycles. The Bertz CT molecular complexity index is 458. The monoisotopic (exact) mass is 303 g/mol. The first kappa shape index (κ1) is 16.0. The predicted octanol–water partition coefficient (Wildman–Crippen LogP) is 3.22. The highest BCUT2D eigenvalue weighted by molar-refractivity contribution is 5.16. The summed E-state index contributed by atoms with van der Waals surface area (Å²) in [6.07, 6.45) is 3.82. The molecule has 2 atom stereocenters. The predicted molar refractivity (Wildman–Crippen MR) is 88.6 cm³/mol. The molecule has 0 saturated carbocycles. The molecule has 2 saturated heterocycles. The van der Waals surface area contributed by atoms with Gasteiger partial charge in [0.05, 0.1) is 18.8 Å². The van der Waals surface area contributed by atoms with Gasteiger partial charge in [0.2, 0.25) is 0 Å². The molecule has 1 aromatic rings. The number of piperidine rings is 1. The third kappa shape index (κ3) is 3.08. The number of hydrogen-bond acceptors (Lipinski definition) is 3. The summed E-state index contributed by atoms with van der Waals surface area (Å²) in [7, 11) is 0. The van der Waals surface area contributed by atoms with Crippen LogP contribution in [-0.4, -0.2) is 40.9 Å². The molecule has 0 radical (unpaired) electrons. The molecule has 3 rings (SSSR count). The van der Waals surface area contributed by atoms with Gasteiger partial charge in [-0.3, -0.25) is 4.90 Å². The molecule has 1 N–H and O–H groups in total. The Kier molecular flexibility index (Phi) is 4.86. The van der Waals surface area contributed by atoms with Crippen LogP contribution < -0.4 is 0 Å². The van der Waals surface area contributed by atoms with Crippen LogP contribution in [0, 0.1) is 5.92 Å². The van der Waals surface area contributed by atoms with Gasteiger partial charge >= 0.3 is 0 Å². The van der Waals surface area contributed by atoms with Crippen molar-refractivity contribution in [3.63, 3.8) is 0 Å². The number of fused-ring (bicyclic) bond motifs is 2. The fraction of sp³-hybridized carbons (Fsp3) is 0.684. The van der Waals surface area contributed by atoms with Crippen molar-refractivity contribution < 1.29 is 9.84 Å². The molecule has 0 spiro atoms. The van der Waals surface area contributed by atoms with E-state index in [4.69, 9.17) is 4.74 Å². The Balaban J connectivity index is 1.76. The highest BCUT2D eigenvalue weighted by Gasteiger charge is 2.48. The SMILES string of the molecule is CCC(CC)C1(O)CC2COCC(C1)N2Cc1ccccc1. The third-order valence-electron chi connectivity index (χ3n) is 5.69. The molecule has 0 aromatic heterocycles. The van der Waals surface area contributed by atoms with Gasteiger partial charge in [0.1, 0.15) is 0 Å². The Morgan fingerprint density at radius 1 is 1.14 bits per heavy atom. The van der Waals surface area contributed by atoms with Gasteiger partial charge in [-0.1, -0.05) is 57.0 Å². The van der Waals surface area contributed by atoms with E-state index in [1.165, 1.54) is 5.56 Å². The Labute approximate surface area is 134 Å². The standard InChI is InChI=1S/C19H29NO2/c1-3-16(4-2)19(21)10-17-13-22-14-18(11-19)20(17)12-15-8-6-5-7-9-15/h5-9,16-18,21H,3-4,10-14H2,1-2H3. The molecule has 2 aliphatic rings. The molecular formula is C19H29NO2. The van der Waals surface area contributed by atoms with Gasteiger partial charge in [-0.25, -0.2) is 0 Å². The second-order valence-electron chi connectivity index (χ2n) is 7.03. The summed E-state index contributed by atoms with van der Waals surface area (Å²) < 4.78 is 5.79. The van der Waals surface area contributed by atoms with E-state index in [1.807, 2.05) is 0 Å². The first-order valence-electron chi connectivity index (χ1n) is 8.76. The van der Waals surface area contributed by atoms with Crippen LogP contribution in [0.4, 0.5) is 0 Å². The minimum atomic E-state index is -0.504. The van der Waals surface area contributed by atoms with Crippen LogP contribution in [0.2, 0.25) is 0 Å². The van der Waals surface area contributed by atoms with Crippen molar-refractivity contribution in [2.24, 2.45) is 5.92 Å². The molecule has 2 aliphatic heterocycles. The van der Waals surface area contributed by atoms with E-state index in [1.54, 1.807) is 0 Å². The molecule has 22 heavy (non-hydrogen) atoms. The number of aliphatic hydroxyl groups is 1. The number of ether oxygens (including phenoxy) is 1. The lowest BCUT2D eigenvalue weighted by Gasteiger charge is -2.53. The molecule has 2 unspecified atom stereocenters. The van der Waals surface area contributed by atoms with E-state index in [9.17, 15) is 5.11 Å². The van der Waals surface area contributed by atoms with E-state index >= 15 is 0 Å². The lowest BCUT2D eigenvalue weighted by molar-refractivity contribution is -0.165. The second-order valence-corrected chi connectivity index (χ2v) is 7.03. The van der Waals surface area contributed by atoms with E-state index in [0.717, 1.165) is 45.4 Å². The number of rotatable bonds is 5. The van der Waals surface area contributed by atoms with E-state index in [-0.39, 0.29) is 0 Å². The molecule has 3 nitrogen and oxygen atoms in total. The van der Waals surface area contributed by atoms with Gasteiger partial charge in [-0.05, 0) is 24.3 Å². The average molecular weight is 303 g/mol. The Hall–Kier alpha value is -0.900. The van der Waals surface area contributed by atoms with Gasteiger partial charge in [-0.2, -0.15) is 0 Å². The van der Waals surface area contributed by atoms with E-state index < -0.39 is 5.60 Å². The van der Waals surface area contributed by atoms with Crippen LogP contribution in [0.15, 0.2) is 30.3 Å². The van der Waals surface area contributed by atoms with Gasteiger partial charge in [0, 0.05) is 18.6 Å². The maximum absolute atomic E-state index is 11.2. The zero-order valence-electron chi connectivity index (χ0n) is 13.9. The summed E-state index contributed by atoms with van der Waals surface area (Å²) in [6, 6.07) is 11.3. The smallest absolute Gasteiger partial charge is 0.0707 e. The number of nitrogens with zero attached hydrogens (tertiary/aromatic N) is 1. The fourth-order valence-corrected chi connectivity index (χ4v) is 4.52. The summed E-state index contributed by atoms with van der Waals surface area (Å²) in [4.78, 5) is 2.57. The molecule has 3 heteroatoms. The molecule has 0 aliphatic carbocycles. The number of hydrogen-bond donors (Lipinski definition) is 1. The van der Waals surface area contributed by atoms with Crippen LogP contribution in [0.5, 0.6) is 0 Å². The topological polar surface area (TPSA) is 32.7 Å². The minimum Gasteiger partial charge on any atom is -0.389 e. The zero-order chi connectivity index (χ0) is 15.6. The van der Waals surface area contributed by atoms with Gasteiger partial charge in [0.15, 0.2) is 0 Å². The van der Waals surface area contributed by atoms with Crippen molar-refractivity contribution in [2.75, 3.05) is 13.2 Å².